The second-order valence-corrected chi connectivity index (χ2v) is 2.17. The van der Waals surface area contributed by atoms with Gasteiger partial charge in [-0.15, -0.1) is 0 Å². The Hall–Kier alpha value is -0.150. The van der Waals surface area contributed by atoms with Crippen molar-refractivity contribution in [1.29, 1.82) is 0 Å². The third kappa shape index (κ3) is 4.67. The Kier molecular flexibility index (Phi) is 7.40. The molecule has 1 aromatic rings. The third-order valence-electron chi connectivity index (χ3n) is 1.30. The maximum absolute atomic E-state index is 9.87. The van der Waals surface area contributed by atoms with Crippen LogP contribution in [0.3, 0.4) is 0 Å². The molecule has 0 aromatic heterocycles. The van der Waals surface area contributed by atoms with Crippen LogP contribution in [0.4, 0.5) is 0 Å². The van der Waals surface area contributed by atoms with Crippen molar-refractivity contribution in [2.75, 3.05) is 6.61 Å². The van der Waals surface area contributed by atoms with E-state index in [1.54, 1.807) is 0 Å². The first-order valence-electron chi connectivity index (χ1n) is 3.49. The van der Waals surface area contributed by atoms with E-state index in [-0.39, 0.29) is 36.2 Å². The van der Waals surface area contributed by atoms with E-state index in [4.69, 9.17) is 4.74 Å². The first kappa shape index (κ1) is 11.8. The summed E-state index contributed by atoms with van der Waals surface area (Å²) in [6, 6.07) is 9.76. The minimum absolute atomic E-state index is 0. The molecule has 0 aliphatic rings. The SMILES string of the molecule is O=CCOCc1ccccc1.[NaH]. The number of hydrogen-bond acceptors (Lipinski definition) is 2. The molecule has 60 valence electrons. The van der Waals surface area contributed by atoms with Gasteiger partial charge in [0.15, 0.2) is 0 Å². The molecular formula is C9H11NaO2. The number of hydrogen-bond donors (Lipinski definition) is 0. The van der Waals surface area contributed by atoms with Crippen LogP contribution in [0.5, 0.6) is 0 Å². The topological polar surface area (TPSA) is 26.3 Å². The standard InChI is InChI=1S/C9H10O2.Na.H/c10-6-7-11-8-9-4-2-1-3-5-9;;/h1-6H,7-8H2;;. The zero-order chi connectivity index (χ0) is 7.94. The number of rotatable bonds is 4. The molecule has 0 amide bonds. The fraction of sp³-hybridized carbons (Fsp3) is 0.222. The van der Waals surface area contributed by atoms with E-state index < -0.39 is 0 Å². The fourth-order valence-electron chi connectivity index (χ4n) is 0.799. The van der Waals surface area contributed by atoms with Crippen molar-refractivity contribution in [2.24, 2.45) is 0 Å². The van der Waals surface area contributed by atoms with Gasteiger partial charge in [-0.25, -0.2) is 0 Å². The van der Waals surface area contributed by atoms with Gasteiger partial charge in [0.05, 0.1) is 6.61 Å². The number of aldehydes is 1. The summed E-state index contributed by atoms with van der Waals surface area (Å²) < 4.78 is 5.00. The van der Waals surface area contributed by atoms with Crippen LogP contribution in [-0.4, -0.2) is 42.5 Å². The quantitative estimate of drug-likeness (QED) is 0.382. The minimum atomic E-state index is 0. The molecule has 0 atom stereocenters. The molecule has 0 saturated heterocycles. The molecule has 12 heavy (non-hydrogen) atoms. The van der Waals surface area contributed by atoms with Crippen molar-refractivity contribution in [3.8, 4) is 0 Å². The Morgan fingerprint density at radius 1 is 1.25 bits per heavy atom. The summed E-state index contributed by atoms with van der Waals surface area (Å²) in [4.78, 5) is 9.87. The van der Waals surface area contributed by atoms with E-state index in [1.807, 2.05) is 30.3 Å². The van der Waals surface area contributed by atoms with Crippen molar-refractivity contribution in [3.05, 3.63) is 35.9 Å². The summed E-state index contributed by atoms with van der Waals surface area (Å²) in [5.41, 5.74) is 1.09. The fourth-order valence-corrected chi connectivity index (χ4v) is 0.799. The molecule has 2 nitrogen and oxygen atoms in total. The Morgan fingerprint density at radius 3 is 2.50 bits per heavy atom. The molecule has 1 aromatic carbocycles. The molecule has 0 unspecified atom stereocenters. The summed E-state index contributed by atoms with van der Waals surface area (Å²) in [7, 11) is 0. The maximum atomic E-state index is 9.87. The Balaban J connectivity index is 0.00000121. The second kappa shape index (κ2) is 7.50. The summed E-state index contributed by atoms with van der Waals surface area (Å²) >= 11 is 0. The van der Waals surface area contributed by atoms with Crippen LogP contribution in [0.2, 0.25) is 0 Å². The van der Waals surface area contributed by atoms with Crippen LogP contribution in [0.25, 0.3) is 0 Å². The molecule has 3 heteroatoms. The zero-order valence-corrected chi connectivity index (χ0v) is 6.19. The van der Waals surface area contributed by atoms with Crippen molar-refractivity contribution in [1.82, 2.24) is 0 Å². The van der Waals surface area contributed by atoms with E-state index in [9.17, 15) is 4.79 Å². The zero-order valence-electron chi connectivity index (χ0n) is 6.19. The van der Waals surface area contributed by atoms with Gasteiger partial charge in [-0.2, -0.15) is 0 Å². The third-order valence-corrected chi connectivity index (χ3v) is 1.30. The summed E-state index contributed by atoms with van der Waals surface area (Å²) in [5, 5.41) is 0. The molecule has 0 aliphatic carbocycles. The van der Waals surface area contributed by atoms with E-state index in [1.165, 1.54) is 0 Å². The molecule has 0 radical (unpaired) electrons. The van der Waals surface area contributed by atoms with Gasteiger partial charge in [0, 0.05) is 0 Å². The number of ether oxygens (including phenoxy) is 1. The van der Waals surface area contributed by atoms with Crippen LogP contribution in [0, 0.1) is 0 Å². The van der Waals surface area contributed by atoms with Gasteiger partial charge in [-0.05, 0) is 5.56 Å². The van der Waals surface area contributed by atoms with Gasteiger partial charge in [-0.1, -0.05) is 30.3 Å². The van der Waals surface area contributed by atoms with E-state index in [0.717, 1.165) is 11.8 Å². The molecule has 0 fully saturated rings. The molecule has 0 N–H and O–H groups in total. The van der Waals surface area contributed by atoms with Crippen LogP contribution in [0.1, 0.15) is 5.56 Å². The number of benzene rings is 1. The molecule has 0 heterocycles. The van der Waals surface area contributed by atoms with Crippen LogP contribution >= 0.6 is 0 Å². The first-order valence-corrected chi connectivity index (χ1v) is 3.49. The molecule has 0 aliphatic heterocycles. The second-order valence-electron chi connectivity index (χ2n) is 2.17. The van der Waals surface area contributed by atoms with Crippen molar-refractivity contribution >= 4 is 35.8 Å². The average Bonchev–Trinajstić information content (AvgIpc) is 2.07. The van der Waals surface area contributed by atoms with Crippen molar-refractivity contribution in [2.45, 2.75) is 6.61 Å². The van der Waals surface area contributed by atoms with E-state index in [2.05, 4.69) is 0 Å². The predicted octanol–water partition coefficient (Wildman–Crippen LogP) is 0.754. The van der Waals surface area contributed by atoms with Gasteiger partial charge in [0.25, 0.3) is 0 Å². The molecule has 1 rings (SSSR count). The Labute approximate surface area is 94.2 Å². The summed E-state index contributed by atoms with van der Waals surface area (Å²) in [5.74, 6) is 0. The molecule has 0 spiro atoms. The van der Waals surface area contributed by atoms with E-state index in [0.29, 0.717) is 6.61 Å². The van der Waals surface area contributed by atoms with Gasteiger partial charge in [0.1, 0.15) is 12.9 Å². The number of carbonyl (C=O) groups excluding carboxylic acids is 1. The van der Waals surface area contributed by atoms with Crippen molar-refractivity contribution in [3.63, 3.8) is 0 Å². The predicted molar refractivity (Wildman–Crippen MR) is 49.3 cm³/mol. The summed E-state index contributed by atoms with van der Waals surface area (Å²) in [6.45, 7) is 0.689. The van der Waals surface area contributed by atoms with Crippen LogP contribution in [0.15, 0.2) is 30.3 Å². The summed E-state index contributed by atoms with van der Waals surface area (Å²) in [6.07, 6.45) is 0.753. The van der Waals surface area contributed by atoms with Gasteiger partial charge in [0.2, 0.25) is 0 Å². The van der Waals surface area contributed by atoms with Gasteiger partial charge in [-0.3, -0.25) is 0 Å². The van der Waals surface area contributed by atoms with Crippen LogP contribution in [-0.2, 0) is 16.1 Å². The van der Waals surface area contributed by atoms with Crippen LogP contribution < -0.4 is 0 Å². The monoisotopic (exact) mass is 174 g/mol. The first-order chi connectivity index (χ1) is 5.43. The molecule has 0 saturated carbocycles. The van der Waals surface area contributed by atoms with Gasteiger partial charge >= 0.3 is 29.6 Å². The van der Waals surface area contributed by atoms with Crippen molar-refractivity contribution < 1.29 is 9.53 Å². The van der Waals surface area contributed by atoms with E-state index >= 15 is 0 Å². The number of carbonyl (C=O) groups is 1. The Bertz CT molecular complexity index is 211. The average molecular weight is 174 g/mol. The molecule has 0 bridgehead atoms. The normalized spacial score (nSPS) is 8.67. The Morgan fingerprint density at radius 2 is 1.92 bits per heavy atom. The molecular weight excluding hydrogens is 163 g/mol. The van der Waals surface area contributed by atoms with Gasteiger partial charge < -0.3 is 9.53 Å².